The molecule has 1 aromatic heterocycles. The number of benzene rings is 2. The van der Waals surface area contributed by atoms with E-state index in [1.807, 2.05) is 32.0 Å². The Bertz CT molecular complexity index is 1560. The molecule has 10 nitrogen and oxygen atoms in total. The lowest BCUT2D eigenvalue weighted by atomic mass is 10.00. The fourth-order valence-corrected chi connectivity index (χ4v) is 6.64. The molecule has 11 heteroatoms. The molecule has 1 amide bonds. The number of fused-ring (bicyclic) bond motifs is 4. The van der Waals surface area contributed by atoms with Crippen molar-refractivity contribution < 1.29 is 17.9 Å². The zero-order chi connectivity index (χ0) is 30.2. The van der Waals surface area contributed by atoms with Gasteiger partial charge in [0.2, 0.25) is 11.8 Å². The van der Waals surface area contributed by atoms with Gasteiger partial charge in [-0.3, -0.25) is 14.6 Å². The quantitative estimate of drug-likeness (QED) is 0.489. The number of sulfonamides is 1. The first-order chi connectivity index (χ1) is 19.8. The van der Waals surface area contributed by atoms with Crippen LogP contribution >= 0.6 is 0 Å². The molecular weight excluding hydrogens is 552 g/mol. The van der Waals surface area contributed by atoms with E-state index < -0.39 is 16.1 Å². The maximum Gasteiger partial charge on any atom is 0.264 e. The molecule has 42 heavy (non-hydrogen) atoms. The monoisotopic (exact) mass is 592 g/mol. The van der Waals surface area contributed by atoms with Crippen molar-refractivity contribution in [2.75, 3.05) is 51.0 Å². The second-order valence-electron chi connectivity index (χ2n) is 12.2. The SMILES string of the molecule is Cc1cccc(C)c1-c1cc2nc(n1)NS(=O)(=O)c1cccc(c1)C(=O)N(C)CC(CN1CCN(C(C)(C)C)CC1)O2. The van der Waals surface area contributed by atoms with Crippen LogP contribution in [0.25, 0.3) is 11.3 Å². The molecule has 1 saturated heterocycles. The standard InChI is InChI=1S/C31H40N6O4S/c1-21-9-7-10-22(2)28(21)26-18-27-33-30(32-26)34-42(39,40)25-12-8-11-23(17-25)29(38)35(6)19-24(41-27)20-36-13-15-37(16-14-36)31(3,4)5/h7-12,17-18,24H,13-16,19-20H2,1-6H3,(H,32,33,34). The van der Waals surface area contributed by atoms with Crippen molar-refractivity contribution in [2.45, 2.75) is 51.2 Å². The Morgan fingerprint density at radius 2 is 1.64 bits per heavy atom. The van der Waals surface area contributed by atoms with Crippen LogP contribution in [0.4, 0.5) is 5.95 Å². The van der Waals surface area contributed by atoms with Gasteiger partial charge in [0.05, 0.1) is 17.1 Å². The fraction of sp³-hybridized carbons (Fsp3) is 0.452. The predicted molar refractivity (Wildman–Crippen MR) is 163 cm³/mol. The Hall–Kier alpha value is -3.54. The van der Waals surface area contributed by atoms with Crippen LogP contribution in [-0.4, -0.2) is 97.0 Å². The van der Waals surface area contributed by atoms with Gasteiger partial charge in [-0.05, 0) is 63.9 Å². The maximum absolute atomic E-state index is 13.4. The Balaban J connectivity index is 1.55. The Morgan fingerprint density at radius 3 is 2.31 bits per heavy atom. The summed E-state index contributed by atoms with van der Waals surface area (Å²) in [6.07, 6.45) is -0.422. The van der Waals surface area contributed by atoms with E-state index in [4.69, 9.17) is 4.74 Å². The number of anilines is 1. The lowest BCUT2D eigenvalue weighted by molar-refractivity contribution is 0.0327. The van der Waals surface area contributed by atoms with Gasteiger partial charge in [0.1, 0.15) is 6.10 Å². The number of piperazine rings is 1. The summed E-state index contributed by atoms with van der Waals surface area (Å²) < 4.78 is 35.8. The van der Waals surface area contributed by atoms with E-state index in [1.54, 1.807) is 30.1 Å². The molecule has 1 unspecified atom stereocenters. The number of amides is 1. The van der Waals surface area contributed by atoms with Crippen LogP contribution in [0.3, 0.4) is 0 Å². The summed E-state index contributed by atoms with van der Waals surface area (Å²) in [7, 11) is -2.38. The summed E-state index contributed by atoms with van der Waals surface area (Å²) in [5.41, 5.74) is 3.82. The molecule has 5 rings (SSSR count). The van der Waals surface area contributed by atoms with Gasteiger partial charge >= 0.3 is 0 Å². The number of hydrogen-bond donors (Lipinski definition) is 1. The third kappa shape index (κ3) is 6.58. The molecule has 2 aromatic carbocycles. The Morgan fingerprint density at radius 1 is 0.976 bits per heavy atom. The van der Waals surface area contributed by atoms with Crippen LogP contribution in [0, 0.1) is 13.8 Å². The molecule has 2 aliphatic rings. The Kier molecular flexibility index (Phi) is 8.28. The first-order valence-electron chi connectivity index (χ1n) is 14.3. The highest BCUT2D eigenvalue weighted by Gasteiger charge is 2.29. The number of aromatic nitrogens is 2. The minimum absolute atomic E-state index is 0.0437. The largest absolute Gasteiger partial charge is 0.471 e. The molecule has 3 heterocycles. The minimum Gasteiger partial charge on any atom is -0.471 e. The fourth-order valence-electron chi connectivity index (χ4n) is 5.65. The third-order valence-electron chi connectivity index (χ3n) is 7.95. The van der Waals surface area contributed by atoms with Gasteiger partial charge in [-0.15, -0.1) is 0 Å². The molecule has 1 fully saturated rings. The van der Waals surface area contributed by atoms with Crippen LogP contribution < -0.4 is 9.46 Å². The number of nitrogens with one attached hydrogen (secondary N) is 1. The number of aryl methyl sites for hydroxylation is 2. The van der Waals surface area contributed by atoms with Gasteiger partial charge < -0.3 is 9.64 Å². The molecule has 0 spiro atoms. The van der Waals surface area contributed by atoms with E-state index in [-0.39, 0.29) is 33.7 Å². The lowest BCUT2D eigenvalue weighted by Crippen LogP contribution is -2.55. The zero-order valence-electron chi connectivity index (χ0n) is 25.2. The highest BCUT2D eigenvalue weighted by Crippen LogP contribution is 2.30. The second kappa shape index (κ2) is 11.6. The average molecular weight is 593 g/mol. The topological polar surface area (TPSA) is 108 Å². The summed E-state index contributed by atoms with van der Waals surface area (Å²) in [6.45, 7) is 15.2. The van der Waals surface area contributed by atoms with Gasteiger partial charge in [0.25, 0.3) is 15.9 Å². The number of hydrogen-bond acceptors (Lipinski definition) is 8. The van der Waals surface area contributed by atoms with Crippen molar-refractivity contribution in [3.63, 3.8) is 0 Å². The predicted octanol–water partition coefficient (Wildman–Crippen LogP) is 3.81. The summed E-state index contributed by atoms with van der Waals surface area (Å²) in [6, 6.07) is 13.7. The highest BCUT2D eigenvalue weighted by atomic mass is 32.2. The average Bonchev–Trinajstić information content (AvgIpc) is 2.92. The molecule has 0 radical (unpaired) electrons. The minimum atomic E-state index is -4.09. The van der Waals surface area contributed by atoms with Gasteiger partial charge in [-0.1, -0.05) is 24.3 Å². The summed E-state index contributed by atoms with van der Waals surface area (Å²) in [4.78, 5) is 28.9. The number of nitrogens with zero attached hydrogens (tertiary/aromatic N) is 5. The van der Waals surface area contributed by atoms with Gasteiger partial charge in [-0.2, -0.15) is 4.98 Å². The number of carbonyl (C=O) groups is 1. The zero-order valence-corrected chi connectivity index (χ0v) is 26.0. The highest BCUT2D eigenvalue weighted by molar-refractivity contribution is 7.92. The van der Waals surface area contributed by atoms with Crippen molar-refractivity contribution in [3.05, 3.63) is 65.2 Å². The molecule has 1 atom stereocenters. The van der Waals surface area contributed by atoms with Crippen LogP contribution in [-0.2, 0) is 10.0 Å². The van der Waals surface area contributed by atoms with Crippen molar-refractivity contribution in [3.8, 4) is 17.1 Å². The molecule has 0 aliphatic carbocycles. The third-order valence-corrected chi connectivity index (χ3v) is 9.28. The normalized spacial score (nSPS) is 20.1. The first kappa shape index (κ1) is 29.9. The molecule has 4 bridgehead atoms. The molecule has 2 aliphatic heterocycles. The van der Waals surface area contributed by atoms with E-state index in [9.17, 15) is 13.2 Å². The summed E-state index contributed by atoms with van der Waals surface area (Å²) >= 11 is 0. The Labute approximate surface area is 248 Å². The number of carbonyl (C=O) groups excluding carboxylic acids is 1. The first-order valence-corrected chi connectivity index (χ1v) is 15.8. The van der Waals surface area contributed by atoms with Crippen LogP contribution in [0.15, 0.2) is 53.4 Å². The molecule has 0 saturated carbocycles. The summed E-state index contributed by atoms with van der Waals surface area (Å²) in [5.74, 6) is -0.135. The van der Waals surface area contributed by atoms with Crippen LogP contribution in [0.1, 0.15) is 42.3 Å². The van der Waals surface area contributed by atoms with Gasteiger partial charge in [0.15, 0.2) is 0 Å². The molecule has 3 aromatic rings. The van der Waals surface area contributed by atoms with E-state index in [0.29, 0.717) is 18.8 Å². The van der Waals surface area contributed by atoms with E-state index in [0.717, 1.165) is 42.9 Å². The van der Waals surface area contributed by atoms with E-state index in [2.05, 4.69) is 45.3 Å². The van der Waals surface area contributed by atoms with E-state index in [1.165, 1.54) is 12.1 Å². The van der Waals surface area contributed by atoms with Gasteiger partial charge in [0, 0.05) is 62.5 Å². The molecular formula is C31H40N6O4S. The van der Waals surface area contributed by atoms with Gasteiger partial charge in [-0.25, -0.2) is 18.1 Å². The number of ether oxygens (including phenoxy) is 1. The second-order valence-corrected chi connectivity index (χ2v) is 13.9. The van der Waals surface area contributed by atoms with Crippen molar-refractivity contribution in [2.24, 2.45) is 0 Å². The van der Waals surface area contributed by atoms with E-state index >= 15 is 0 Å². The van der Waals surface area contributed by atoms with Crippen molar-refractivity contribution >= 4 is 21.9 Å². The summed E-state index contributed by atoms with van der Waals surface area (Å²) in [5, 5.41) is 0. The molecule has 224 valence electrons. The number of likely N-dealkylation sites (N-methyl/N-ethyl adjacent to an activating group) is 1. The molecule has 1 N–H and O–H groups in total. The van der Waals surface area contributed by atoms with Crippen molar-refractivity contribution in [1.82, 2.24) is 24.7 Å². The van der Waals surface area contributed by atoms with Crippen LogP contribution in [0.5, 0.6) is 5.88 Å². The lowest BCUT2D eigenvalue weighted by Gasteiger charge is -2.43. The van der Waals surface area contributed by atoms with Crippen LogP contribution in [0.2, 0.25) is 0 Å². The smallest absolute Gasteiger partial charge is 0.264 e. The maximum atomic E-state index is 13.4. The number of rotatable bonds is 3. The van der Waals surface area contributed by atoms with Crippen molar-refractivity contribution in [1.29, 1.82) is 0 Å².